The molecule has 0 unspecified atom stereocenters. The van der Waals surface area contributed by atoms with Gasteiger partial charge in [-0.3, -0.25) is 0 Å². The Bertz CT molecular complexity index is 255. The molecule has 0 aromatic rings. The Hall–Kier alpha value is -0.780. The zero-order valence-electron chi connectivity index (χ0n) is 9.72. The first-order valence-electron chi connectivity index (χ1n) is 5.66. The predicted molar refractivity (Wildman–Crippen MR) is 64.2 cm³/mol. The Kier molecular flexibility index (Phi) is 4.19. The van der Waals surface area contributed by atoms with Crippen molar-refractivity contribution in [3.8, 4) is 0 Å². The molecule has 0 aromatic heterocycles. The van der Waals surface area contributed by atoms with Crippen molar-refractivity contribution in [3.63, 3.8) is 0 Å². The van der Waals surface area contributed by atoms with Crippen LogP contribution < -0.4 is 0 Å². The van der Waals surface area contributed by atoms with E-state index in [-0.39, 0.29) is 0 Å². The van der Waals surface area contributed by atoms with Gasteiger partial charge < -0.3 is 0 Å². The highest BCUT2D eigenvalue weighted by Crippen LogP contribution is 2.29. The van der Waals surface area contributed by atoms with Gasteiger partial charge in [0.15, 0.2) is 0 Å². The standard InChI is InChI=1S/C14H22/c1-5-13(6-2)10-14-8-11(3)7-12(4)9-14/h5,7,10-11,14H,1,6,8-9H2,2-4H3/b13-10-/t11-,14+/m1/s1. The third-order valence-corrected chi connectivity index (χ3v) is 2.95. The lowest BCUT2D eigenvalue weighted by Gasteiger charge is -2.23. The minimum atomic E-state index is 0.739. The minimum Gasteiger partial charge on any atom is -0.0988 e. The van der Waals surface area contributed by atoms with Crippen LogP contribution in [0, 0.1) is 11.8 Å². The molecule has 0 fully saturated rings. The smallest absolute Gasteiger partial charge is 0.0185 e. The SMILES string of the molecule is C=C/C(=C/[C@@H]1CC(C)=C[C@@H](C)C1)CC. The minimum absolute atomic E-state index is 0.739. The molecule has 0 N–H and O–H groups in total. The van der Waals surface area contributed by atoms with E-state index >= 15 is 0 Å². The second-order valence-electron chi connectivity index (χ2n) is 4.49. The van der Waals surface area contributed by atoms with Gasteiger partial charge in [0.25, 0.3) is 0 Å². The number of hydrogen-bond acceptors (Lipinski definition) is 0. The number of hydrogen-bond donors (Lipinski definition) is 0. The van der Waals surface area contributed by atoms with Crippen LogP contribution in [0.3, 0.4) is 0 Å². The second-order valence-corrected chi connectivity index (χ2v) is 4.49. The molecule has 2 atom stereocenters. The Labute approximate surface area is 88.4 Å². The van der Waals surface area contributed by atoms with Crippen LogP contribution in [0.5, 0.6) is 0 Å². The highest BCUT2D eigenvalue weighted by atomic mass is 14.2. The average Bonchev–Trinajstić information content (AvgIpc) is 2.12. The monoisotopic (exact) mass is 190 g/mol. The summed E-state index contributed by atoms with van der Waals surface area (Å²) < 4.78 is 0. The van der Waals surface area contributed by atoms with E-state index < -0.39 is 0 Å². The molecule has 0 spiro atoms. The van der Waals surface area contributed by atoms with Crippen LogP contribution in [0.2, 0.25) is 0 Å². The van der Waals surface area contributed by atoms with Crippen molar-refractivity contribution in [2.75, 3.05) is 0 Å². The summed E-state index contributed by atoms with van der Waals surface area (Å²) in [5.41, 5.74) is 2.95. The molecule has 0 amide bonds. The fourth-order valence-electron chi connectivity index (χ4n) is 2.36. The van der Waals surface area contributed by atoms with Crippen molar-refractivity contribution in [1.82, 2.24) is 0 Å². The molecular weight excluding hydrogens is 168 g/mol. The molecule has 1 aliphatic carbocycles. The lowest BCUT2D eigenvalue weighted by Crippen LogP contribution is -2.09. The first kappa shape index (κ1) is 11.3. The Morgan fingerprint density at radius 2 is 2.36 bits per heavy atom. The number of rotatable bonds is 3. The summed E-state index contributed by atoms with van der Waals surface area (Å²) in [6.07, 6.45) is 10.5. The third-order valence-electron chi connectivity index (χ3n) is 2.95. The molecule has 1 rings (SSSR count). The van der Waals surface area contributed by atoms with Gasteiger partial charge in [-0.1, -0.05) is 49.8 Å². The maximum atomic E-state index is 3.85. The summed E-state index contributed by atoms with van der Waals surface area (Å²) in [4.78, 5) is 0. The Balaban J connectivity index is 2.67. The summed E-state index contributed by atoms with van der Waals surface area (Å²) in [6, 6.07) is 0. The van der Waals surface area contributed by atoms with Crippen LogP contribution in [-0.4, -0.2) is 0 Å². The zero-order valence-corrected chi connectivity index (χ0v) is 9.72. The topological polar surface area (TPSA) is 0 Å². The molecule has 0 nitrogen and oxygen atoms in total. The lowest BCUT2D eigenvalue weighted by molar-refractivity contribution is 0.472. The third kappa shape index (κ3) is 3.17. The highest BCUT2D eigenvalue weighted by Gasteiger charge is 2.15. The maximum absolute atomic E-state index is 3.85. The molecule has 78 valence electrons. The molecule has 14 heavy (non-hydrogen) atoms. The molecule has 0 heteroatoms. The molecule has 0 heterocycles. The maximum Gasteiger partial charge on any atom is -0.0185 e. The van der Waals surface area contributed by atoms with Crippen LogP contribution in [0.25, 0.3) is 0 Å². The van der Waals surface area contributed by atoms with E-state index in [1.165, 1.54) is 18.4 Å². The van der Waals surface area contributed by atoms with Gasteiger partial charge in [-0.15, -0.1) is 0 Å². The Morgan fingerprint density at radius 3 is 2.86 bits per heavy atom. The van der Waals surface area contributed by atoms with Gasteiger partial charge in [0.05, 0.1) is 0 Å². The molecule has 0 aliphatic heterocycles. The zero-order chi connectivity index (χ0) is 10.6. The van der Waals surface area contributed by atoms with Gasteiger partial charge >= 0.3 is 0 Å². The molecule has 0 radical (unpaired) electrons. The van der Waals surface area contributed by atoms with Gasteiger partial charge in [0.2, 0.25) is 0 Å². The molecule has 1 aliphatic rings. The highest BCUT2D eigenvalue weighted by molar-refractivity contribution is 5.19. The Morgan fingerprint density at radius 1 is 1.64 bits per heavy atom. The van der Waals surface area contributed by atoms with E-state index in [0.717, 1.165) is 18.3 Å². The van der Waals surface area contributed by atoms with Gasteiger partial charge in [0.1, 0.15) is 0 Å². The van der Waals surface area contributed by atoms with Crippen LogP contribution in [-0.2, 0) is 0 Å². The molecule has 0 aromatic carbocycles. The van der Waals surface area contributed by atoms with E-state index in [9.17, 15) is 0 Å². The van der Waals surface area contributed by atoms with Crippen molar-refractivity contribution in [2.24, 2.45) is 11.8 Å². The van der Waals surface area contributed by atoms with E-state index in [1.807, 2.05) is 6.08 Å². The van der Waals surface area contributed by atoms with E-state index in [1.54, 1.807) is 5.57 Å². The van der Waals surface area contributed by atoms with Crippen LogP contribution in [0.4, 0.5) is 0 Å². The van der Waals surface area contributed by atoms with Gasteiger partial charge in [-0.2, -0.15) is 0 Å². The van der Waals surface area contributed by atoms with Crippen LogP contribution in [0.1, 0.15) is 40.0 Å². The van der Waals surface area contributed by atoms with E-state index in [4.69, 9.17) is 0 Å². The van der Waals surface area contributed by atoms with Crippen molar-refractivity contribution in [2.45, 2.75) is 40.0 Å². The summed E-state index contributed by atoms with van der Waals surface area (Å²) >= 11 is 0. The molecule has 0 saturated carbocycles. The molecule has 0 saturated heterocycles. The van der Waals surface area contributed by atoms with Gasteiger partial charge in [-0.05, 0) is 38.0 Å². The second kappa shape index (κ2) is 5.19. The fourth-order valence-corrected chi connectivity index (χ4v) is 2.36. The molecule has 0 bridgehead atoms. The first-order valence-corrected chi connectivity index (χ1v) is 5.66. The van der Waals surface area contributed by atoms with Gasteiger partial charge in [-0.25, -0.2) is 0 Å². The fraction of sp³-hybridized carbons (Fsp3) is 0.571. The van der Waals surface area contributed by atoms with Crippen molar-refractivity contribution >= 4 is 0 Å². The summed E-state index contributed by atoms with van der Waals surface area (Å²) in [5.74, 6) is 1.48. The normalized spacial score (nSPS) is 28.5. The molecular formula is C14H22. The van der Waals surface area contributed by atoms with Crippen molar-refractivity contribution in [3.05, 3.63) is 36.0 Å². The van der Waals surface area contributed by atoms with Crippen LogP contribution >= 0.6 is 0 Å². The average molecular weight is 190 g/mol. The first-order chi connectivity index (χ1) is 6.65. The van der Waals surface area contributed by atoms with E-state index in [0.29, 0.717) is 0 Å². The lowest BCUT2D eigenvalue weighted by atomic mass is 9.82. The predicted octanol–water partition coefficient (Wildman–Crippen LogP) is 4.50. The summed E-state index contributed by atoms with van der Waals surface area (Å²) in [6.45, 7) is 10.6. The summed E-state index contributed by atoms with van der Waals surface area (Å²) in [7, 11) is 0. The summed E-state index contributed by atoms with van der Waals surface area (Å²) in [5, 5.41) is 0. The van der Waals surface area contributed by atoms with Crippen molar-refractivity contribution in [1.29, 1.82) is 0 Å². The van der Waals surface area contributed by atoms with Crippen LogP contribution in [0.15, 0.2) is 36.0 Å². The largest absolute Gasteiger partial charge is 0.0988 e. The quantitative estimate of drug-likeness (QED) is 0.454. The number of allylic oxidation sites excluding steroid dienone is 5. The van der Waals surface area contributed by atoms with E-state index in [2.05, 4.69) is 39.5 Å². The van der Waals surface area contributed by atoms with Crippen molar-refractivity contribution < 1.29 is 0 Å². The van der Waals surface area contributed by atoms with Gasteiger partial charge in [0, 0.05) is 0 Å².